The Morgan fingerprint density at radius 1 is 1.19 bits per heavy atom. The summed E-state index contributed by atoms with van der Waals surface area (Å²) in [5.41, 5.74) is 0.163. The van der Waals surface area contributed by atoms with Gasteiger partial charge < -0.3 is 10.0 Å². The van der Waals surface area contributed by atoms with Gasteiger partial charge in [-0.1, -0.05) is 0 Å². The summed E-state index contributed by atoms with van der Waals surface area (Å²) in [6, 6.07) is 1.45. The molecule has 2 aromatic heterocycles. The van der Waals surface area contributed by atoms with Crippen molar-refractivity contribution in [3.05, 3.63) is 30.4 Å². The standard InChI is InChI=1S/C14H18N6O5S/c1-17-9-11(8-16-17)26(24,25)19-6-4-18(5-7-19)14(23)12-2-3-15-20(12)10-13(21)22/h2-3,8-9H,4-7,10H2,1H3,(H,21,22). The van der Waals surface area contributed by atoms with E-state index < -0.39 is 22.5 Å². The molecule has 1 N–H and O–H groups in total. The monoisotopic (exact) mass is 382 g/mol. The molecular weight excluding hydrogens is 364 g/mol. The van der Waals surface area contributed by atoms with Crippen LogP contribution in [0, 0.1) is 0 Å². The van der Waals surface area contributed by atoms with Crippen molar-refractivity contribution in [2.75, 3.05) is 26.2 Å². The van der Waals surface area contributed by atoms with Crippen LogP contribution in [0.25, 0.3) is 0 Å². The topological polar surface area (TPSA) is 131 Å². The van der Waals surface area contributed by atoms with Crippen LogP contribution in [0.2, 0.25) is 0 Å². The van der Waals surface area contributed by atoms with Crippen molar-refractivity contribution < 1.29 is 23.1 Å². The summed E-state index contributed by atoms with van der Waals surface area (Å²) in [6.07, 6.45) is 4.08. The van der Waals surface area contributed by atoms with E-state index in [9.17, 15) is 18.0 Å². The molecule has 0 unspecified atom stereocenters. The fourth-order valence-corrected chi connectivity index (χ4v) is 4.15. The smallest absolute Gasteiger partial charge is 0.325 e. The summed E-state index contributed by atoms with van der Waals surface area (Å²) in [7, 11) is -2.02. The van der Waals surface area contributed by atoms with Crippen LogP contribution in [0.15, 0.2) is 29.6 Å². The second kappa shape index (κ2) is 6.88. The molecule has 3 heterocycles. The van der Waals surface area contributed by atoms with Crippen molar-refractivity contribution in [3.8, 4) is 0 Å². The predicted molar refractivity (Wildman–Crippen MR) is 87.7 cm³/mol. The van der Waals surface area contributed by atoms with Crippen molar-refractivity contribution in [2.24, 2.45) is 7.05 Å². The van der Waals surface area contributed by atoms with Crippen LogP contribution in [0.5, 0.6) is 0 Å². The van der Waals surface area contributed by atoms with E-state index in [1.165, 1.54) is 38.5 Å². The Labute approximate surface area is 149 Å². The lowest BCUT2D eigenvalue weighted by Gasteiger charge is -2.33. The summed E-state index contributed by atoms with van der Waals surface area (Å²) >= 11 is 0. The number of sulfonamides is 1. The third-order valence-corrected chi connectivity index (χ3v) is 5.92. The first-order valence-corrected chi connectivity index (χ1v) is 9.25. The highest BCUT2D eigenvalue weighted by molar-refractivity contribution is 7.89. The van der Waals surface area contributed by atoms with E-state index in [2.05, 4.69) is 10.2 Å². The molecule has 1 saturated heterocycles. The Balaban J connectivity index is 1.68. The fourth-order valence-electron chi connectivity index (χ4n) is 2.74. The Kier molecular flexibility index (Phi) is 4.78. The van der Waals surface area contributed by atoms with Crippen molar-refractivity contribution in [3.63, 3.8) is 0 Å². The van der Waals surface area contributed by atoms with Gasteiger partial charge in [0.25, 0.3) is 5.91 Å². The first kappa shape index (κ1) is 18.1. The van der Waals surface area contributed by atoms with E-state index in [1.54, 1.807) is 7.05 Å². The minimum Gasteiger partial charge on any atom is -0.480 e. The van der Waals surface area contributed by atoms with Gasteiger partial charge in [-0.3, -0.25) is 14.3 Å². The van der Waals surface area contributed by atoms with E-state index in [4.69, 9.17) is 5.11 Å². The fraction of sp³-hybridized carbons (Fsp3) is 0.429. The summed E-state index contributed by atoms with van der Waals surface area (Å²) in [5, 5.41) is 16.6. The Morgan fingerprint density at radius 2 is 1.88 bits per heavy atom. The summed E-state index contributed by atoms with van der Waals surface area (Å²) in [6.45, 7) is 0.294. The van der Waals surface area contributed by atoms with Gasteiger partial charge in [0.15, 0.2) is 0 Å². The molecule has 0 saturated carbocycles. The van der Waals surface area contributed by atoms with Crippen LogP contribution in [-0.2, 0) is 28.4 Å². The maximum absolute atomic E-state index is 12.6. The van der Waals surface area contributed by atoms with Gasteiger partial charge in [0.2, 0.25) is 10.0 Å². The highest BCUT2D eigenvalue weighted by Gasteiger charge is 2.32. The molecule has 0 radical (unpaired) electrons. The minimum atomic E-state index is -3.65. The Hall–Kier alpha value is -2.73. The molecule has 0 aliphatic carbocycles. The van der Waals surface area contributed by atoms with Crippen LogP contribution < -0.4 is 0 Å². The molecule has 140 valence electrons. The third-order valence-electron chi connectivity index (χ3n) is 4.07. The molecule has 12 heteroatoms. The number of aryl methyl sites for hydroxylation is 1. The average molecular weight is 382 g/mol. The van der Waals surface area contributed by atoms with Crippen LogP contribution in [0.4, 0.5) is 0 Å². The van der Waals surface area contributed by atoms with E-state index in [-0.39, 0.29) is 42.7 Å². The molecular formula is C14H18N6O5S. The van der Waals surface area contributed by atoms with E-state index >= 15 is 0 Å². The highest BCUT2D eigenvalue weighted by Crippen LogP contribution is 2.17. The van der Waals surface area contributed by atoms with Crippen LogP contribution in [0.1, 0.15) is 10.5 Å². The van der Waals surface area contributed by atoms with Gasteiger partial charge in [-0.05, 0) is 6.07 Å². The van der Waals surface area contributed by atoms with Crippen LogP contribution in [-0.4, -0.2) is 80.3 Å². The number of hydrogen-bond acceptors (Lipinski definition) is 6. The molecule has 2 aromatic rings. The molecule has 3 rings (SSSR count). The molecule has 0 spiro atoms. The molecule has 26 heavy (non-hydrogen) atoms. The minimum absolute atomic E-state index is 0.110. The van der Waals surface area contributed by atoms with Crippen molar-refractivity contribution in [2.45, 2.75) is 11.4 Å². The number of piperazine rings is 1. The zero-order chi connectivity index (χ0) is 18.9. The Bertz CT molecular complexity index is 925. The highest BCUT2D eigenvalue weighted by atomic mass is 32.2. The molecule has 1 aliphatic rings. The lowest BCUT2D eigenvalue weighted by molar-refractivity contribution is -0.137. The zero-order valence-electron chi connectivity index (χ0n) is 14.0. The normalized spacial score (nSPS) is 16.0. The quantitative estimate of drug-likeness (QED) is 0.691. The second-order valence-electron chi connectivity index (χ2n) is 5.81. The van der Waals surface area contributed by atoms with Gasteiger partial charge in [-0.15, -0.1) is 0 Å². The van der Waals surface area contributed by atoms with Gasteiger partial charge >= 0.3 is 5.97 Å². The summed E-state index contributed by atoms with van der Waals surface area (Å²) in [4.78, 5) is 25.0. The van der Waals surface area contributed by atoms with Gasteiger partial charge in [0.05, 0.1) is 6.20 Å². The first-order valence-electron chi connectivity index (χ1n) is 7.80. The third kappa shape index (κ3) is 3.46. The molecule has 1 amide bonds. The Morgan fingerprint density at radius 3 is 2.46 bits per heavy atom. The van der Waals surface area contributed by atoms with Crippen molar-refractivity contribution >= 4 is 21.9 Å². The number of nitrogens with zero attached hydrogens (tertiary/aromatic N) is 6. The van der Waals surface area contributed by atoms with Gasteiger partial charge in [-0.2, -0.15) is 14.5 Å². The van der Waals surface area contributed by atoms with E-state index in [1.807, 2.05) is 0 Å². The number of amides is 1. The van der Waals surface area contributed by atoms with Crippen LogP contribution in [0.3, 0.4) is 0 Å². The lowest BCUT2D eigenvalue weighted by atomic mass is 10.3. The molecule has 0 bridgehead atoms. The van der Waals surface area contributed by atoms with Gasteiger partial charge in [0.1, 0.15) is 17.1 Å². The molecule has 0 aromatic carbocycles. The van der Waals surface area contributed by atoms with Crippen LogP contribution >= 0.6 is 0 Å². The second-order valence-corrected chi connectivity index (χ2v) is 7.75. The number of carboxylic acids is 1. The summed E-state index contributed by atoms with van der Waals surface area (Å²) < 4.78 is 29.0. The number of carbonyl (C=O) groups excluding carboxylic acids is 1. The first-order chi connectivity index (χ1) is 12.3. The average Bonchev–Trinajstić information content (AvgIpc) is 3.23. The largest absolute Gasteiger partial charge is 0.480 e. The maximum atomic E-state index is 12.6. The maximum Gasteiger partial charge on any atom is 0.325 e. The van der Waals surface area contributed by atoms with E-state index in [0.717, 1.165) is 4.68 Å². The predicted octanol–water partition coefficient (Wildman–Crippen LogP) is -1.15. The molecule has 0 atom stereocenters. The molecule has 1 aliphatic heterocycles. The SMILES string of the molecule is Cn1cc(S(=O)(=O)N2CCN(C(=O)c3ccnn3CC(=O)O)CC2)cn1. The zero-order valence-corrected chi connectivity index (χ0v) is 14.8. The number of rotatable bonds is 5. The number of carbonyl (C=O) groups is 2. The lowest BCUT2D eigenvalue weighted by Crippen LogP contribution is -2.50. The van der Waals surface area contributed by atoms with Gasteiger partial charge in [-0.25, -0.2) is 13.1 Å². The number of carboxylic acid groups (broad SMARTS) is 1. The van der Waals surface area contributed by atoms with Gasteiger partial charge in [0, 0.05) is 45.6 Å². The van der Waals surface area contributed by atoms with Crippen molar-refractivity contribution in [1.29, 1.82) is 0 Å². The molecule has 11 nitrogen and oxygen atoms in total. The summed E-state index contributed by atoms with van der Waals surface area (Å²) in [5.74, 6) is -1.47. The number of aromatic nitrogens is 4. The number of hydrogen-bond donors (Lipinski definition) is 1. The number of aliphatic carboxylic acids is 1. The molecule has 1 fully saturated rings. The van der Waals surface area contributed by atoms with Crippen molar-refractivity contribution in [1.82, 2.24) is 28.8 Å². The van der Waals surface area contributed by atoms with E-state index in [0.29, 0.717) is 0 Å².